The molecule has 0 aliphatic carbocycles. The van der Waals surface area contributed by atoms with E-state index < -0.39 is 11.7 Å². The number of rotatable bonds is 2. The van der Waals surface area contributed by atoms with Crippen molar-refractivity contribution in [3.63, 3.8) is 0 Å². The van der Waals surface area contributed by atoms with Crippen molar-refractivity contribution in [2.45, 2.75) is 25.1 Å². The van der Waals surface area contributed by atoms with Crippen LogP contribution < -0.4 is 10.6 Å². The fourth-order valence-corrected chi connectivity index (χ4v) is 2.27. The van der Waals surface area contributed by atoms with Crippen LogP contribution in [0.25, 0.3) is 0 Å². The first-order valence-corrected chi connectivity index (χ1v) is 6.18. The van der Waals surface area contributed by atoms with Crippen LogP contribution >= 0.6 is 11.6 Å². The second-order valence-electron chi connectivity index (χ2n) is 4.39. The quantitative estimate of drug-likeness (QED) is 0.865. The van der Waals surface area contributed by atoms with Gasteiger partial charge in [-0.15, -0.1) is 0 Å². The minimum Gasteiger partial charge on any atom is -0.382 e. The van der Waals surface area contributed by atoms with Crippen molar-refractivity contribution < 1.29 is 13.2 Å². The normalized spacial score (nSPS) is 17.8. The number of alkyl halides is 3. The van der Waals surface area contributed by atoms with Gasteiger partial charge in [0.15, 0.2) is 0 Å². The van der Waals surface area contributed by atoms with Gasteiger partial charge >= 0.3 is 6.18 Å². The number of halogens is 4. The number of anilines is 1. The van der Waals surface area contributed by atoms with E-state index >= 15 is 0 Å². The molecule has 100 valence electrons. The molecule has 2 rings (SSSR count). The van der Waals surface area contributed by atoms with Gasteiger partial charge in [-0.2, -0.15) is 13.2 Å². The van der Waals surface area contributed by atoms with Gasteiger partial charge in [0, 0.05) is 16.8 Å². The molecule has 0 saturated carbocycles. The summed E-state index contributed by atoms with van der Waals surface area (Å²) in [6, 6.07) is 3.77. The Morgan fingerprint density at radius 1 is 1.17 bits per heavy atom. The summed E-state index contributed by atoms with van der Waals surface area (Å²) in [6.45, 7) is 1.76. The molecule has 1 aliphatic heterocycles. The summed E-state index contributed by atoms with van der Waals surface area (Å²) in [6.07, 6.45) is -2.57. The van der Waals surface area contributed by atoms with Gasteiger partial charge in [-0.1, -0.05) is 11.6 Å². The van der Waals surface area contributed by atoms with Gasteiger partial charge in [0.1, 0.15) is 0 Å². The first-order chi connectivity index (χ1) is 8.45. The monoisotopic (exact) mass is 278 g/mol. The van der Waals surface area contributed by atoms with E-state index in [9.17, 15) is 13.2 Å². The Balaban J connectivity index is 2.14. The lowest BCUT2D eigenvalue weighted by Gasteiger charge is -2.25. The van der Waals surface area contributed by atoms with E-state index in [-0.39, 0.29) is 11.1 Å². The molecule has 1 aliphatic rings. The van der Waals surface area contributed by atoms with Gasteiger partial charge < -0.3 is 10.6 Å². The standard InChI is InChI=1S/C12H14ClF3N2/c13-9-5-8(12(14,15)16)6-11(7-9)18-10-1-3-17-4-2-10/h5-7,10,17-18H,1-4H2. The second kappa shape index (κ2) is 5.36. The maximum Gasteiger partial charge on any atom is 0.416 e. The Bertz CT molecular complexity index is 414. The van der Waals surface area contributed by atoms with Crippen molar-refractivity contribution >= 4 is 17.3 Å². The molecule has 1 aromatic rings. The maximum absolute atomic E-state index is 12.6. The van der Waals surface area contributed by atoms with Gasteiger partial charge in [-0.25, -0.2) is 0 Å². The van der Waals surface area contributed by atoms with Crippen molar-refractivity contribution in [3.05, 3.63) is 28.8 Å². The number of benzene rings is 1. The molecule has 1 heterocycles. The summed E-state index contributed by atoms with van der Waals surface area (Å²) in [5, 5.41) is 6.41. The third-order valence-corrected chi connectivity index (χ3v) is 3.15. The van der Waals surface area contributed by atoms with Gasteiger partial charge in [-0.05, 0) is 44.1 Å². The Morgan fingerprint density at radius 2 is 1.83 bits per heavy atom. The van der Waals surface area contributed by atoms with Crippen LogP contribution in [0.5, 0.6) is 0 Å². The van der Waals surface area contributed by atoms with Gasteiger partial charge in [0.25, 0.3) is 0 Å². The smallest absolute Gasteiger partial charge is 0.382 e. The highest BCUT2D eigenvalue weighted by molar-refractivity contribution is 6.30. The third-order valence-electron chi connectivity index (χ3n) is 2.94. The van der Waals surface area contributed by atoms with Crippen LogP contribution in [0, 0.1) is 0 Å². The molecule has 1 aromatic carbocycles. The highest BCUT2D eigenvalue weighted by Gasteiger charge is 2.31. The fourth-order valence-electron chi connectivity index (χ4n) is 2.04. The predicted molar refractivity (Wildman–Crippen MR) is 66.0 cm³/mol. The molecular formula is C12H14ClF3N2. The molecule has 0 radical (unpaired) electrons. The van der Waals surface area contributed by atoms with Crippen LogP contribution in [-0.4, -0.2) is 19.1 Å². The molecule has 1 saturated heterocycles. The molecule has 2 N–H and O–H groups in total. The van der Waals surface area contributed by atoms with E-state index in [1.165, 1.54) is 6.07 Å². The highest BCUT2D eigenvalue weighted by atomic mass is 35.5. The van der Waals surface area contributed by atoms with Crippen molar-refractivity contribution in [2.24, 2.45) is 0 Å². The van der Waals surface area contributed by atoms with Crippen LogP contribution in [0.3, 0.4) is 0 Å². The summed E-state index contributed by atoms with van der Waals surface area (Å²) >= 11 is 5.72. The first kappa shape index (κ1) is 13.5. The van der Waals surface area contributed by atoms with E-state index in [2.05, 4.69) is 10.6 Å². The van der Waals surface area contributed by atoms with Crippen LogP contribution in [-0.2, 0) is 6.18 Å². The average Bonchev–Trinajstić information content (AvgIpc) is 2.28. The number of hydrogen-bond acceptors (Lipinski definition) is 2. The van der Waals surface area contributed by atoms with Crippen LogP contribution in [0.2, 0.25) is 5.02 Å². The zero-order valence-electron chi connectivity index (χ0n) is 9.65. The molecule has 0 spiro atoms. The molecule has 0 aromatic heterocycles. The van der Waals surface area contributed by atoms with E-state index in [1.54, 1.807) is 0 Å². The molecule has 18 heavy (non-hydrogen) atoms. The maximum atomic E-state index is 12.6. The van der Waals surface area contributed by atoms with Crippen LogP contribution in [0.4, 0.5) is 18.9 Å². The number of nitrogens with one attached hydrogen (secondary N) is 2. The van der Waals surface area contributed by atoms with Crippen molar-refractivity contribution in [1.82, 2.24) is 5.32 Å². The SMILES string of the molecule is FC(F)(F)c1cc(Cl)cc(NC2CCNCC2)c1. The molecule has 2 nitrogen and oxygen atoms in total. The lowest BCUT2D eigenvalue weighted by molar-refractivity contribution is -0.137. The zero-order valence-corrected chi connectivity index (χ0v) is 10.4. The number of piperidine rings is 1. The zero-order chi connectivity index (χ0) is 13.2. The summed E-state index contributed by atoms with van der Waals surface area (Å²) in [7, 11) is 0. The Labute approximate surface area is 109 Å². The highest BCUT2D eigenvalue weighted by Crippen LogP contribution is 2.33. The third kappa shape index (κ3) is 3.53. The van der Waals surface area contributed by atoms with Crippen molar-refractivity contribution in [3.8, 4) is 0 Å². The van der Waals surface area contributed by atoms with E-state index in [1.807, 2.05) is 0 Å². The molecular weight excluding hydrogens is 265 g/mol. The van der Waals surface area contributed by atoms with Crippen LogP contribution in [0.1, 0.15) is 18.4 Å². The summed E-state index contributed by atoms with van der Waals surface area (Å²) in [5.41, 5.74) is -0.284. The first-order valence-electron chi connectivity index (χ1n) is 5.80. The molecule has 0 amide bonds. The molecule has 6 heteroatoms. The number of hydrogen-bond donors (Lipinski definition) is 2. The summed E-state index contributed by atoms with van der Waals surface area (Å²) in [4.78, 5) is 0. The lowest BCUT2D eigenvalue weighted by atomic mass is 10.1. The Hall–Kier alpha value is -0.940. The van der Waals surface area contributed by atoms with E-state index in [0.29, 0.717) is 5.69 Å². The van der Waals surface area contributed by atoms with E-state index in [4.69, 9.17) is 11.6 Å². The second-order valence-corrected chi connectivity index (χ2v) is 4.83. The largest absolute Gasteiger partial charge is 0.416 e. The molecule has 0 bridgehead atoms. The van der Waals surface area contributed by atoms with Crippen LogP contribution in [0.15, 0.2) is 18.2 Å². The molecule has 0 unspecified atom stereocenters. The van der Waals surface area contributed by atoms with Crippen molar-refractivity contribution in [2.75, 3.05) is 18.4 Å². The summed E-state index contributed by atoms with van der Waals surface area (Å²) < 4.78 is 37.9. The fraction of sp³-hybridized carbons (Fsp3) is 0.500. The van der Waals surface area contributed by atoms with E-state index in [0.717, 1.165) is 38.1 Å². The van der Waals surface area contributed by atoms with Gasteiger partial charge in [0.2, 0.25) is 0 Å². The Morgan fingerprint density at radius 3 is 2.44 bits per heavy atom. The minimum atomic E-state index is -4.37. The topological polar surface area (TPSA) is 24.1 Å². The van der Waals surface area contributed by atoms with Gasteiger partial charge in [-0.3, -0.25) is 0 Å². The van der Waals surface area contributed by atoms with Crippen molar-refractivity contribution in [1.29, 1.82) is 0 Å². The van der Waals surface area contributed by atoms with Gasteiger partial charge in [0.05, 0.1) is 5.56 Å². The predicted octanol–water partition coefficient (Wildman–Crippen LogP) is 3.52. The molecule has 1 fully saturated rings. The lowest BCUT2D eigenvalue weighted by Crippen LogP contribution is -2.35. The average molecular weight is 279 g/mol. The summed E-state index contributed by atoms with van der Waals surface area (Å²) in [5.74, 6) is 0. The minimum absolute atomic E-state index is 0.0984. The molecule has 0 atom stereocenters. The Kier molecular flexibility index (Phi) is 4.02.